The lowest BCUT2D eigenvalue weighted by Gasteiger charge is -2.16. The number of benzene rings is 10. The van der Waals surface area contributed by atoms with Crippen LogP contribution in [-0.2, 0) is 0 Å². The molecule has 12 aromatic rings. The van der Waals surface area contributed by atoms with E-state index >= 15 is 0 Å². The fraction of sp³-hybridized carbons (Fsp3) is 0. The summed E-state index contributed by atoms with van der Waals surface area (Å²) in [6.07, 6.45) is 0. The molecular weight excluding hydrogens is 717 g/mol. The second kappa shape index (κ2) is 13.4. The van der Waals surface area contributed by atoms with Gasteiger partial charge in [0, 0.05) is 27.5 Å². The molecule has 0 unspecified atom stereocenters. The predicted molar refractivity (Wildman–Crippen MR) is 247 cm³/mol. The highest BCUT2D eigenvalue weighted by molar-refractivity contribution is 6.20. The summed E-state index contributed by atoms with van der Waals surface area (Å²) in [5.41, 5.74) is 11.1. The maximum Gasteiger partial charge on any atom is 0.161 e. The molecule has 3 nitrogen and oxygen atoms in total. The number of rotatable bonds is 5. The number of hydrogen-bond acceptors (Lipinski definition) is 3. The zero-order chi connectivity index (χ0) is 38.9. The largest absolute Gasteiger partial charge is 0.456 e. The first kappa shape index (κ1) is 33.3. The van der Waals surface area contributed by atoms with Crippen LogP contribution in [0.4, 0.5) is 0 Å². The Morgan fingerprint density at radius 2 is 0.915 bits per heavy atom. The van der Waals surface area contributed by atoms with Crippen molar-refractivity contribution in [2.24, 2.45) is 0 Å². The Kier molecular flexibility index (Phi) is 7.54. The van der Waals surface area contributed by atoms with E-state index in [2.05, 4.69) is 206 Å². The summed E-state index contributed by atoms with van der Waals surface area (Å²) in [7, 11) is 0. The highest BCUT2D eigenvalue weighted by Gasteiger charge is 2.19. The molecule has 2 heterocycles. The fourth-order valence-corrected chi connectivity index (χ4v) is 9.06. The molecule has 59 heavy (non-hydrogen) atoms. The lowest BCUT2D eigenvalue weighted by molar-refractivity contribution is 0.669. The Morgan fingerprint density at radius 1 is 0.305 bits per heavy atom. The molecule has 0 aliphatic carbocycles. The van der Waals surface area contributed by atoms with Crippen molar-refractivity contribution < 1.29 is 4.42 Å². The van der Waals surface area contributed by atoms with Crippen molar-refractivity contribution in [2.75, 3.05) is 0 Å². The Labute approximate surface area is 340 Å². The molecule has 0 radical (unpaired) electrons. The lowest BCUT2D eigenvalue weighted by atomic mass is 9.91. The van der Waals surface area contributed by atoms with Crippen molar-refractivity contribution in [1.82, 2.24) is 9.97 Å². The van der Waals surface area contributed by atoms with E-state index in [1.165, 1.54) is 32.3 Å². The lowest BCUT2D eigenvalue weighted by Crippen LogP contribution is -1.98. The highest BCUT2D eigenvalue weighted by Crippen LogP contribution is 2.42. The van der Waals surface area contributed by atoms with Crippen LogP contribution in [0.25, 0.3) is 121 Å². The van der Waals surface area contributed by atoms with Gasteiger partial charge in [0.1, 0.15) is 11.2 Å². The van der Waals surface area contributed by atoms with Gasteiger partial charge in [0.2, 0.25) is 0 Å². The molecule has 0 N–H and O–H groups in total. The van der Waals surface area contributed by atoms with Gasteiger partial charge in [-0.1, -0.05) is 176 Å². The predicted octanol–water partition coefficient (Wildman–Crippen LogP) is 15.3. The zero-order valence-corrected chi connectivity index (χ0v) is 31.9. The second-order valence-corrected chi connectivity index (χ2v) is 15.3. The first-order chi connectivity index (χ1) is 29.2. The molecule has 0 saturated heterocycles. The van der Waals surface area contributed by atoms with Crippen molar-refractivity contribution in [3.63, 3.8) is 0 Å². The topological polar surface area (TPSA) is 38.9 Å². The minimum absolute atomic E-state index is 0.685. The van der Waals surface area contributed by atoms with Gasteiger partial charge in [0.25, 0.3) is 0 Å². The van der Waals surface area contributed by atoms with Crippen LogP contribution in [-0.4, -0.2) is 9.97 Å². The molecule has 0 amide bonds. The van der Waals surface area contributed by atoms with Crippen molar-refractivity contribution in [2.45, 2.75) is 0 Å². The summed E-state index contributed by atoms with van der Waals surface area (Å²) in [5.74, 6) is 0.685. The molecule has 0 fully saturated rings. The zero-order valence-electron chi connectivity index (χ0n) is 31.9. The van der Waals surface area contributed by atoms with E-state index in [9.17, 15) is 0 Å². The minimum Gasteiger partial charge on any atom is -0.456 e. The Hall–Kier alpha value is -7.88. The second-order valence-electron chi connectivity index (χ2n) is 15.3. The number of furan rings is 1. The molecule has 0 atom stereocenters. The van der Waals surface area contributed by atoms with Gasteiger partial charge in [-0.3, -0.25) is 0 Å². The van der Waals surface area contributed by atoms with Gasteiger partial charge >= 0.3 is 0 Å². The molecule has 12 rings (SSSR count). The van der Waals surface area contributed by atoms with E-state index in [1.807, 2.05) is 0 Å². The third kappa shape index (κ3) is 5.51. The smallest absolute Gasteiger partial charge is 0.161 e. The number of fused-ring (bicyclic) bond motifs is 8. The average molecular weight is 751 g/mol. The maximum absolute atomic E-state index is 6.44. The molecule has 10 aromatic carbocycles. The molecule has 3 heteroatoms. The summed E-state index contributed by atoms with van der Waals surface area (Å²) in [4.78, 5) is 10.9. The quantitative estimate of drug-likeness (QED) is 0.130. The third-order valence-corrected chi connectivity index (χ3v) is 11.9. The monoisotopic (exact) mass is 750 g/mol. The standard InChI is InChI=1S/C56H34N2O/c1-2-13-35(14-3-1)42-19-10-11-22-47(42)56-57-50(34-51(58-56)54-45-21-9-7-18-41(45)32-48-43-20-8-6-15-36(43)29-30-46(48)54)38-27-25-37(26-28-38)44-23-12-24-52-55(44)49-31-39-16-4-5-17-40(39)33-53(49)59-52/h1-34H. The number of nitrogens with zero attached hydrogens (tertiary/aromatic N) is 2. The van der Waals surface area contributed by atoms with Gasteiger partial charge in [0.05, 0.1) is 11.4 Å². The fourth-order valence-electron chi connectivity index (χ4n) is 9.06. The maximum atomic E-state index is 6.44. The van der Waals surface area contributed by atoms with Crippen molar-refractivity contribution >= 4 is 65.0 Å². The minimum atomic E-state index is 0.685. The molecular formula is C56H34N2O. The van der Waals surface area contributed by atoms with Gasteiger partial charge in [-0.15, -0.1) is 0 Å². The molecule has 2 aromatic heterocycles. The first-order valence-electron chi connectivity index (χ1n) is 20.1. The van der Waals surface area contributed by atoms with Crippen LogP contribution in [0.3, 0.4) is 0 Å². The third-order valence-electron chi connectivity index (χ3n) is 11.9. The SMILES string of the molecule is c1ccc(-c2ccccc2-c2nc(-c3ccc(-c4cccc5oc6cc7ccccc7cc6c45)cc3)cc(-c3c4ccccc4cc4c3ccc3ccccc34)n2)cc1. The summed E-state index contributed by atoms with van der Waals surface area (Å²) in [6.45, 7) is 0. The van der Waals surface area contributed by atoms with Crippen LogP contribution in [0.1, 0.15) is 0 Å². The van der Waals surface area contributed by atoms with Gasteiger partial charge in [-0.25, -0.2) is 9.97 Å². The van der Waals surface area contributed by atoms with E-state index in [0.717, 1.165) is 83.0 Å². The molecule has 0 bridgehead atoms. The van der Waals surface area contributed by atoms with Crippen molar-refractivity contribution in [3.8, 4) is 56.2 Å². The van der Waals surface area contributed by atoms with Crippen LogP contribution in [0.2, 0.25) is 0 Å². The summed E-state index contributed by atoms with van der Waals surface area (Å²) in [6, 6.07) is 73.3. The summed E-state index contributed by atoms with van der Waals surface area (Å²) < 4.78 is 6.44. The Balaban J connectivity index is 1.08. The van der Waals surface area contributed by atoms with Gasteiger partial charge < -0.3 is 4.42 Å². The van der Waals surface area contributed by atoms with Crippen LogP contribution in [0.15, 0.2) is 211 Å². The molecule has 0 aliphatic heterocycles. The van der Waals surface area contributed by atoms with E-state index in [1.54, 1.807) is 0 Å². The Bertz CT molecular complexity index is 3600. The van der Waals surface area contributed by atoms with E-state index in [4.69, 9.17) is 14.4 Å². The van der Waals surface area contributed by atoms with Crippen LogP contribution >= 0.6 is 0 Å². The van der Waals surface area contributed by atoms with E-state index < -0.39 is 0 Å². The van der Waals surface area contributed by atoms with E-state index in [0.29, 0.717) is 5.82 Å². The normalized spacial score (nSPS) is 11.7. The molecule has 0 saturated carbocycles. The van der Waals surface area contributed by atoms with Crippen molar-refractivity contribution in [3.05, 3.63) is 206 Å². The highest BCUT2D eigenvalue weighted by atomic mass is 16.3. The van der Waals surface area contributed by atoms with Crippen LogP contribution < -0.4 is 0 Å². The van der Waals surface area contributed by atoms with Gasteiger partial charge in [0.15, 0.2) is 5.82 Å². The molecule has 274 valence electrons. The van der Waals surface area contributed by atoms with Gasteiger partial charge in [-0.05, 0) is 95.7 Å². The number of aromatic nitrogens is 2. The summed E-state index contributed by atoms with van der Waals surface area (Å²) in [5, 5.41) is 11.8. The summed E-state index contributed by atoms with van der Waals surface area (Å²) >= 11 is 0. The first-order valence-corrected chi connectivity index (χ1v) is 20.1. The van der Waals surface area contributed by atoms with Crippen molar-refractivity contribution in [1.29, 1.82) is 0 Å². The van der Waals surface area contributed by atoms with Gasteiger partial charge in [-0.2, -0.15) is 0 Å². The molecule has 0 aliphatic rings. The number of hydrogen-bond donors (Lipinski definition) is 0. The Morgan fingerprint density at radius 3 is 1.75 bits per heavy atom. The average Bonchev–Trinajstić information content (AvgIpc) is 3.67. The van der Waals surface area contributed by atoms with E-state index in [-0.39, 0.29) is 0 Å². The molecule has 0 spiro atoms. The van der Waals surface area contributed by atoms with Crippen LogP contribution in [0, 0.1) is 0 Å². The van der Waals surface area contributed by atoms with Crippen LogP contribution in [0.5, 0.6) is 0 Å².